The van der Waals surface area contributed by atoms with Gasteiger partial charge in [-0.15, -0.1) is 0 Å². The SMILES string of the molecule is O=C(N[C@@H]1c2ccccc2C[C@@H]1O)c1cc2c([nH]c1=O)C[C@]13CCN(CC4CC4)[C@H](Cc4ccc(O)cc41)[C@]3(O)C2. The number of hydrogen-bond acceptors (Lipinski definition) is 6. The van der Waals surface area contributed by atoms with Gasteiger partial charge in [-0.25, -0.2) is 0 Å². The molecule has 212 valence electrons. The number of fused-ring (bicyclic) bond motifs is 3. The molecule has 5 atom stereocenters. The van der Waals surface area contributed by atoms with E-state index in [0.717, 1.165) is 53.0 Å². The third-order valence-corrected chi connectivity index (χ3v) is 10.7. The van der Waals surface area contributed by atoms with Crippen LogP contribution in [0.25, 0.3) is 0 Å². The number of piperidine rings is 1. The molecule has 0 radical (unpaired) electrons. The number of aromatic hydroxyl groups is 1. The average molecular weight is 554 g/mol. The molecule has 1 amide bonds. The number of nitrogens with zero attached hydrogens (tertiary/aromatic N) is 1. The van der Waals surface area contributed by atoms with Crippen molar-refractivity contribution in [2.45, 2.75) is 74.1 Å². The number of pyridine rings is 1. The molecular formula is C33H35N3O5. The molecule has 2 bridgehead atoms. The molecule has 0 unspecified atom stereocenters. The lowest BCUT2D eigenvalue weighted by Crippen LogP contribution is -2.74. The minimum atomic E-state index is -1.11. The number of nitrogens with one attached hydrogen (secondary N) is 2. The molecular weight excluding hydrogens is 518 g/mol. The van der Waals surface area contributed by atoms with Gasteiger partial charge < -0.3 is 25.6 Å². The fourth-order valence-corrected chi connectivity index (χ4v) is 8.52. The maximum Gasteiger partial charge on any atom is 0.261 e. The summed E-state index contributed by atoms with van der Waals surface area (Å²) in [7, 11) is 0. The van der Waals surface area contributed by atoms with Crippen molar-refractivity contribution in [2.75, 3.05) is 13.1 Å². The van der Waals surface area contributed by atoms with E-state index in [1.165, 1.54) is 12.8 Å². The molecule has 1 aliphatic heterocycles. The maximum absolute atomic E-state index is 13.5. The molecule has 5 aliphatic rings. The number of aliphatic hydroxyl groups excluding tert-OH is 1. The third-order valence-electron chi connectivity index (χ3n) is 10.7. The Balaban J connectivity index is 1.18. The predicted octanol–water partition coefficient (Wildman–Crippen LogP) is 2.28. The van der Waals surface area contributed by atoms with E-state index in [2.05, 4.69) is 15.2 Å². The van der Waals surface area contributed by atoms with Crippen LogP contribution >= 0.6 is 0 Å². The second-order valence-corrected chi connectivity index (χ2v) is 13.0. The first-order valence-electron chi connectivity index (χ1n) is 14.9. The highest BCUT2D eigenvalue weighted by molar-refractivity contribution is 5.94. The summed E-state index contributed by atoms with van der Waals surface area (Å²) in [5.41, 5.74) is 3.28. The molecule has 8 rings (SSSR count). The number of rotatable bonds is 4. The number of aliphatic hydroxyl groups is 2. The lowest BCUT2D eigenvalue weighted by atomic mass is 9.49. The maximum atomic E-state index is 13.5. The Morgan fingerprint density at radius 1 is 1.05 bits per heavy atom. The number of hydrogen-bond donors (Lipinski definition) is 5. The highest BCUT2D eigenvalue weighted by Gasteiger charge is 2.64. The molecule has 8 nitrogen and oxygen atoms in total. The molecule has 4 aliphatic carbocycles. The predicted molar refractivity (Wildman–Crippen MR) is 152 cm³/mol. The molecule has 8 heteroatoms. The lowest BCUT2D eigenvalue weighted by Gasteiger charge is -2.63. The Morgan fingerprint density at radius 2 is 1.88 bits per heavy atom. The van der Waals surface area contributed by atoms with Crippen LogP contribution in [0.1, 0.15) is 69.2 Å². The van der Waals surface area contributed by atoms with Crippen LogP contribution in [0, 0.1) is 5.92 Å². The summed E-state index contributed by atoms with van der Waals surface area (Å²) >= 11 is 0. The van der Waals surface area contributed by atoms with Gasteiger partial charge in [-0.05, 0) is 84.2 Å². The van der Waals surface area contributed by atoms with Gasteiger partial charge in [0.25, 0.3) is 11.5 Å². The minimum Gasteiger partial charge on any atom is -0.508 e. The van der Waals surface area contributed by atoms with Crippen LogP contribution in [-0.2, 0) is 31.1 Å². The van der Waals surface area contributed by atoms with Crippen molar-refractivity contribution in [3.8, 4) is 5.75 Å². The molecule has 3 aromatic rings. The van der Waals surface area contributed by atoms with E-state index in [4.69, 9.17) is 0 Å². The van der Waals surface area contributed by atoms with Crippen LogP contribution in [0.3, 0.4) is 0 Å². The number of benzene rings is 2. The van der Waals surface area contributed by atoms with E-state index in [-0.39, 0.29) is 17.4 Å². The second-order valence-electron chi connectivity index (χ2n) is 13.0. The first-order chi connectivity index (χ1) is 19.8. The van der Waals surface area contributed by atoms with Gasteiger partial charge in [-0.2, -0.15) is 0 Å². The van der Waals surface area contributed by atoms with E-state index in [9.17, 15) is 24.9 Å². The van der Waals surface area contributed by atoms with E-state index in [1.807, 2.05) is 36.4 Å². The van der Waals surface area contributed by atoms with Crippen molar-refractivity contribution in [2.24, 2.45) is 5.92 Å². The van der Waals surface area contributed by atoms with Gasteiger partial charge in [0.2, 0.25) is 0 Å². The smallest absolute Gasteiger partial charge is 0.261 e. The van der Waals surface area contributed by atoms with Crippen molar-refractivity contribution in [3.63, 3.8) is 0 Å². The van der Waals surface area contributed by atoms with Crippen molar-refractivity contribution in [1.29, 1.82) is 0 Å². The van der Waals surface area contributed by atoms with Gasteiger partial charge in [-0.1, -0.05) is 30.3 Å². The van der Waals surface area contributed by atoms with Gasteiger partial charge in [0.1, 0.15) is 11.3 Å². The number of carbonyl (C=O) groups excluding carboxylic acids is 1. The minimum absolute atomic E-state index is 0.00580. The second kappa shape index (κ2) is 8.77. The molecule has 1 aromatic heterocycles. The highest BCUT2D eigenvalue weighted by Crippen LogP contribution is 2.57. The van der Waals surface area contributed by atoms with E-state index in [1.54, 1.807) is 12.1 Å². The number of likely N-dealkylation sites (tertiary alicyclic amines) is 1. The van der Waals surface area contributed by atoms with Crippen molar-refractivity contribution >= 4 is 5.91 Å². The quantitative estimate of drug-likeness (QED) is 0.338. The topological polar surface area (TPSA) is 126 Å². The standard InChI is InChI=1S/C33H35N3O5/c37-22-8-7-20-13-28-33(41)15-21-11-24(31(40)35-29-23-4-2-1-3-19(23)12-27(29)38)30(39)34-26(21)16-32(33,25(20)14-22)9-10-36(28)17-18-5-6-18/h1-4,7-8,11,14,18,27-29,37-38,41H,5-6,9-10,12-13,15-17H2,(H,34,39)(H,35,40)/t27-,28+,29+,32+,33+/m0/s1. The zero-order valence-electron chi connectivity index (χ0n) is 22.9. The highest BCUT2D eigenvalue weighted by atomic mass is 16.3. The third kappa shape index (κ3) is 3.70. The summed E-state index contributed by atoms with van der Waals surface area (Å²) in [5, 5.41) is 36.8. The zero-order chi connectivity index (χ0) is 28.1. The van der Waals surface area contributed by atoms with Gasteiger partial charge in [0.05, 0.1) is 17.7 Å². The fraction of sp³-hybridized carbons (Fsp3) is 0.455. The number of amides is 1. The molecule has 5 N–H and O–H groups in total. The summed E-state index contributed by atoms with van der Waals surface area (Å²) < 4.78 is 0. The number of aromatic nitrogens is 1. The number of carbonyl (C=O) groups is 1. The normalized spacial score (nSPS) is 31.5. The Morgan fingerprint density at radius 3 is 2.71 bits per heavy atom. The summed E-state index contributed by atoms with van der Waals surface area (Å²) in [4.78, 5) is 32.3. The van der Waals surface area contributed by atoms with Crippen LogP contribution in [-0.4, -0.2) is 61.9 Å². The zero-order valence-corrected chi connectivity index (χ0v) is 22.9. The Kier molecular flexibility index (Phi) is 5.40. The van der Waals surface area contributed by atoms with Crippen LogP contribution in [0.2, 0.25) is 0 Å². The summed E-state index contributed by atoms with van der Waals surface area (Å²) in [6.07, 6.45) is 4.35. The fourth-order valence-electron chi connectivity index (χ4n) is 8.52. The van der Waals surface area contributed by atoms with Gasteiger partial charge in [0, 0.05) is 43.0 Å². The Bertz CT molecular complexity index is 1650. The molecule has 1 saturated heterocycles. The monoisotopic (exact) mass is 553 g/mol. The van der Waals surface area contributed by atoms with Gasteiger partial charge in [0.15, 0.2) is 0 Å². The molecule has 2 aromatic carbocycles. The van der Waals surface area contributed by atoms with Crippen LogP contribution < -0.4 is 10.9 Å². The number of phenols is 1. The van der Waals surface area contributed by atoms with E-state index in [0.29, 0.717) is 31.6 Å². The van der Waals surface area contributed by atoms with Crippen LogP contribution in [0.15, 0.2) is 53.3 Å². The molecule has 2 fully saturated rings. The molecule has 41 heavy (non-hydrogen) atoms. The van der Waals surface area contributed by atoms with Crippen molar-refractivity contribution < 1.29 is 20.1 Å². The van der Waals surface area contributed by atoms with Crippen LogP contribution in [0.5, 0.6) is 5.75 Å². The van der Waals surface area contributed by atoms with Crippen molar-refractivity contribution in [3.05, 3.63) is 98.0 Å². The van der Waals surface area contributed by atoms with Gasteiger partial charge in [-0.3, -0.25) is 14.5 Å². The summed E-state index contributed by atoms with van der Waals surface area (Å²) in [6, 6.07) is 14.1. The number of aromatic amines is 1. The number of H-pyrrole nitrogens is 1. The Hall–Kier alpha value is -3.46. The van der Waals surface area contributed by atoms with E-state index >= 15 is 0 Å². The van der Waals surface area contributed by atoms with Gasteiger partial charge >= 0.3 is 0 Å². The van der Waals surface area contributed by atoms with E-state index < -0.39 is 34.6 Å². The number of phenolic OH excluding ortho intramolecular Hbond substituents is 1. The molecule has 2 heterocycles. The first kappa shape index (κ1) is 25.3. The Labute approximate surface area is 238 Å². The largest absolute Gasteiger partial charge is 0.508 e. The lowest BCUT2D eigenvalue weighted by molar-refractivity contribution is -0.152. The average Bonchev–Trinajstić information content (AvgIpc) is 3.71. The first-order valence-corrected chi connectivity index (χ1v) is 14.9. The molecule has 0 spiro atoms. The summed E-state index contributed by atoms with van der Waals surface area (Å²) in [5.74, 6) is 0.337. The van der Waals surface area contributed by atoms with Crippen molar-refractivity contribution in [1.82, 2.24) is 15.2 Å². The molecule has 1 saturated carbocycles. The summed E-state index contributed by atoms with van der Waals surface area (Å²) in [6.45, 7) is 1.84. The van der Waals surface area contributed by atoms with Crippen LogP contribution in [0.4, 0.5) is 0 Å².